The molecule has 1 aromatic carbocycles. The second-order valence-electron chi connectivity index (χ2n) is 4.69. The fourth-order valence-electron chi connectivity index (χ4n) is 2.43. The van der Waals surface area contributed by atoms with Crippen molar-refractivity contribution >= 4 is 17.4 Å². The molecule has 0 N–H and O–H groups in total. The van der Waals surface area contributed by atoms with Crippen LogP contribution in [0, 0.1) is 12.7 Å². The number of ketones is 1. The molecule has 0 fully saturated rings. The number of pyridine rings is 1. The number of benzene rings is 1. The van der Waals surface area contributed by atoms with Gasteiger partial charge in [-0.15, -0.1) is 0 Å². The Hall–Kier alpha value is -2.56. The van der Waals surface area contributed by atoms with Crippen molar-refractivity contribution in [1.29, 1.82) is 0 Å². The normalized spacial score (nSPS) is 13.8. The first-order chi connectivity index (χ1) is 9.58. The smallest absolute Gasteiger partial charge is 0.299 e. The highest BCUT2D eigenvalue weighted by Crippen LogP contribution is 2.34. The lowest BCUT2D eigenvalue weighted by atomic mass is 10.1. The van der Waals surface area contributed by atoms with Gasteiger partial charge in [-0.05, 0) is 42.3 Å². The third-order valence-electron chi connectivity index (χ3n) is 3.31. The minimum absolute atomic E-state index is 0.140. The van der Waals surface area contributed by atoms with Crippen molar-refractivity contribution in [1.82, 2.24) is 4.98 Å². The van der Waals surface area contributed by atoms with Crippen LogP contribution in [0.4, 0.5) is 10.1 Å². The van der Waals surface area contributed by atoms with Crippen LogP contribution in [0.25, 0.3) is 0 Å². The molecule has 1 aromatic heterocycles. The zero-order valence-corrected chi connectivity index (χ0v) is 10.8. The topological polar surface area (TPSA) is 50.3 Å². The van der Waals surface area contributed by atoms with Gasteiger partial charge >= 0.3 is 0 Å². The summed E-state index contributed by atoms with van der Waals surface area (Å²) in [6.07, 6.45) is 3.24. The molecule has 0 saturated carbocycles. The number of aryl methyl sites for hydroxylation is 1. The minimum atomic E-state index is -0.656. The molecule has 1 aliphatic heterocycles. The maximum Gasteiger partial charge on any atom is 0.299 e. The molecule has 4 nitrogen and oxygen atoms in total. The number of carbonyl (C=O) groups excluding carboxylic acids is 2. The van der Waals surface area contributed by atoms with Crippen molar-refractivity contribution in [2.75, 3.05) is 4.90 Å². The molecule has 1 amide bonds. The summed E-state index contributed by atoms with van der Waals surface area (Å²) < 4.78 is 13.4. The molecule has 5 heteroatoms. The first-order valence-electron chi connectivity index (χ1n) is 6.13. The Kier molecular flexibility index (Phi) is 2.82. The number of carbonyl (C=O) groups is 2. The molecule has 0 saturated heterocycles. The quantitative estimate of drug-likeness (QED) is 0.786. The van der Waals surface area contributed by atoms with Crippen LogP contribution in [-0.4, -0.2) is 16.7 Å². The molecule has 0 atom stereocenters. The SMILES string of the molecule is Cc1cc(F)cc2c1N(Cc1ccncc1)C(=O)C2=O. The Morgan fingerprint density at radius 3 is 2.60 bits per heavy atom. The first kappa shape index (κ1) is 12.5. The Morgan fingerprint density at radius 1 is 1.20 bits per heavy atom. The highest BCUT2D eigenvalue weighted by atomic mass is 19.1. The van der Waals surface area contributed by atoms with Crippen LogP contribution < -0.4 is 4.90 Å². The molecule has 1 aliphatic rings. The number of hydrogen-bond acceptors (Lipinski definition) is 3. The van der Waals surface area contributed by atoms with Gasteiger partial charge in [0.15, 0.2) is 0 Å². The van der Waals surface area contributed by atoms with Crippen LogP contribution in [-0.2, 0) is 11.3 Å². The van der Waals surface area contributed by atoms with E-state index in [0.29, 0.717) is 11.3 Å². The van der Waals surface area contributed by atoms with Gasteiger partial charge in [-0.25, -0.2) is 4.39 Å². The molecule has 2 aromatic rings. The van der Waals surface area contributed by atoms with Gasteiger partial charge in [-0.3, -0.25) is 14.6 Å². The number of nitrogens with zero attached hydrogens (tertiary/aromatic N) is 2. The number of Topliss-reactive ketones (excluding diaryl/α,β-unsaturated/α-hetero) is 1. The van der Waals surface area contributed by atoms with Gasteiger partial charge in [0.25, 0.3) is 11.7 Å². The van der Waals surface area contributed by atoms with Crippen molar-refractivity contribution < 1.29 is 14.0 Å². The van der Waals surface area contributed by atoms with Gasteiger partial charge < -0.3 is 4.90 Å². The molecule has 0 bridgehead atoms. The van der Waals surface area contributed by atoms with E-state index in [-0.39, 0.29) is 12.1 Å². The van der Waals surface area contributed by atoms with E-state index in [1.165, 1.54) is 11.0 Å². The molecular formula is C15H11FN2O2. The van der Waals surface area contributed by atoms with Gasteiger partial charge in [-0.1, -0.05) is 0 Å². The molecular weight excluding hydrogens is 259 g/mol. The van der Waals surface area contributed by atoms with Gasteiger partial charge in [0.1, 0.15) is 5.82 Å². The maximum absolute atomic E-state index is 13.4. The zero-order chi connectivity index (χ0) is 14.3. The molecule has 20 heavy (non-hydrogen) atoms. The molecule has 3 rings (SSSR count). The van der Waals surface area contributed by atoms with Crippen molar-refractivity contribution in [2.45, 2.75) is 13.5 Å². The van der Waals surface area contributed by atoms with E-state index in [4.69, 9.17) is 0 Å². The summed E-state index contributed by atoms with van der Waals surface area (Å²) in [6, 6.07) is 5.99. The lowest BCUT2D eigenvalue weighted by molar-refractivity contribution is -0.114. The molecule has 2 heterocycles. The minimum Gasteiger partial charge on any atom is -0.300 e. The van der Waals surface area contributed by atoms with Gasteiger partial charge in [0, 0.05) is 12.4 Å². The van der Waals surface area contributed by atoms with Crippen LogP contribution >= 0.6 is 0 Å². The van der Waals surface area contributed by atoms with Crippen molar-refractivity contribution in [3.63, 3.8) is 0 Å². The van der Waals surface area contributed by atoms with Gasteiger partial charge in [0.2, 0.25) is 0 Å². The van der Waals surface area contributed by atoms with Crippen LogP contribution in [0.3, 0.4) is 0 Å². The third kappa shape index (κ3) is 1.87. The van der Waals surface area contributed by atoms with E-state index in [9.17, 15) is 14.0 Å². The Labute approximate surface area is 114 Å². The van der Waals surface area contributed by atoms with Crippen LogP contribution in [0.2, 0.25) is 0 Å². The van der Waals surface area contributed by atoms with Gasteiger partial charge in [0.05, 0.1) is 17.8 Å². The molecule has 0 aliphatic carbocycles. The Bertz CT molecular complexity index is 713. The largest absolute Gasteiger partial charge is 0.300 e. The van der Waals surface area contributed by atoms with E-state index >= 15 is 0 Å². The van der Waals surface area contributed by atoms with Crippen molar-refractivity contribution in [3.05, 3.63) is 59.2 Å². The van der Waals surface area contributed by atoms with Crippen LogP contribution in [0.15, 0.2) is 36.7 Å². The fourth-order valence-corrected chi connectivity index (χ4v) is 2.43. The number of halogens is 1. The average Bonchev–Trinajstić information content (AvgIpc) is 2.65. The summed E-state index contributed by atoms with van der Waals surface area (Å²) in [5.41, 5.74) is 2.07. The van der Waals surface area contributed by atoms with E-state index in [0.717, 1.165) is 11.6 Å². The number of fused-ring (bicyclic) bond motifs is 1. The van der Waals surface area contributed by atoms with E-state index < -0.39 is 17.5 Å². The summed E-state index contributed by atoms with van der Waals surface area (Å²) in [5.74, 6) is -1.78. The summed E-state index contributed by atoms with van der Waals surface area (Å²) in [7, 11) is 0. The standard InChI is InChI=1S/C15H11FN2O2/c1-9-6-11(16)7-12-13(9)18(15(20)14(12)19)8-10-2-4-17-5-3-10/h2-7H,8H2,1H3. The lowest BCUT2D eigenvalue weighted by Gasteiger charge is -2.18. The van der Waals surface area contributed by atoms with Crippen LogP contribution in [0.1, 0.15) is 21.5 Å². The van der Waals surface area contributed by atoms with E-state index in [2.05, 4.69) is 4.98 Å². The number of rotatable bonds is 2. The lowest BCUT2D eigenvalue weighted by Crippen LogP contribution is -2.29. The number of hydrogen-bond donors (Lipinski definition) is 0. The van der Waals surface area contributed by atoms with E-state index in [1.807, 2.05) is 0 Å². The number of aromatic nitrogens is 1. The summed E-state index contributed by atoms with van der Waals surface area (Å²) in [6.45, 7) is 1.96. The third-order valence-corrected chi connectivity index (χ3v) is 3.31. The fraction of sp³-hybridized carbons (Fsp3) is 0.133. The summed E-state index contributed by atoms with van der Waals surface area (Å²) in [4.78, 5) is 29.3. The molecule has 0 radical (unpaired) electrons. The Morgan fingerprint density at radius 2 is 1.90 bits per heavy atom. The first-order valence-corrected chi connectivity index (χ1v) is 6.13. The summed E-state index contributed by atoms with van der Waals surface area (Å²) >= 11 is 0. The average molecular weight is 270 g/mol. The number of amides is 1. The van der Waals surface area contributed by atoms with E-state index in [1.54, 1.807) is 31.5 Å². The Balaban J connectivity index is 2.07. The second-order valence-corrected chi connectivity index (χ2v) is 4.69. The molecule has 0 unspecified atom stereocenters. The second kappa shape index (κ2) is 4.52. The maximum atomic E-state index is 13.4. The predicted molar refractivity (Wildman–Crippen MR) is 70.9 cm³/mol. The summed E-state index contributed by atoms with van der Waals surface area (Å²) in [5, 5.41) is 0. The molecule has 100 valence electrons. The van der Waals surface area contributed by atoms with Gasteiger partial charge in [-0.2, -0.15) is 0 Å². The highest BCUT2D eigenvalue weighted by molar-refractivity contribution is 6.52. The van der Waals surface area contributed by atoms with Crippen molar-refractivity contribution in [2.24, 2.45) is 0 Å². The van der Waals surface area contributed by atoms with Crippen molar-refractivity contribution in [3.8, 4) is 0 Å². The predicted octanol–water partition coefficient (Wildman–Crippen LogP) is 2.26. The number of anilines is 1. The zero-order valence-electron chi connectivity index (χ0n) is 10.8. The monoisotopic (exact) mass is 270 g/mol. The van der Waals surface area contributed by atoms with Crippen LogP contribution in [0.5, 0.6) is 0 Å². The molecule has 0 spiro atoms. The highest BCUT2D eigenvalue weighted by Gasteiger charge is 2.37.